The molecule has 0 bridgehead atoms. The molecule has 3 amide bonds. The second-order valence-corrected chi connectivity index (χ2v) is 9.15. The number of halogens is 5. The second kappa shape index (κ2) is 8.11. The Balaban J connectivity index is 2.06. The number of para-hydroxylation sites is 1. The molecule has 1 saturated carbocycles. The molecule has 3 rings (SSSR count). The first-order valence-electron chi connectivity index (χ1n) is 8.42. The molecule has 0 radical (unpaired) electrons. The van der Waals surface area contributed by atoms with Gasteiger partial charge < -0.3 is 0 Å². The van der Waals surface area contributed by atoms with E-state index < -0.39 is 27.0 Å². The van der Waals surface area contributed by atoms with E-state index in [1.165, 1.54) is 18.2 Å². The van der Waals surface area contributed by atoms with Gasteiger partial charge in [0, 0.05) is 6.04 Å². The fourth-order valence-corrected chi connectivity index (χ4v) is 3.53. The lowest BCUT2D eigenvalue weighted by Crippen LogP contribution is -2.42. The number of hydrogen-bond donors (Lipinski definition) is 0. The third kappa shape index (κ3) is 4.19. The molecule has 1 saturated heterocycles. The van der Waals surface area contributed by atoms with Crippen LogP contribution in [-0.2, 0) is 4.79 Å². The van der Waals surface area contributed by atoms with E-state index in [0.29, 0.717) is 12.8 Å². The molecule has 146 valence electrons. The molecule has 2 fully saturated rings. The number of carbonyl (C=O) groups excluding carboxylic acids is 2. The van der Waals surface area contributed by atoms with Gasteiger partial charge in [-0.15, -0.1) is 0 Å². The van der Waals surface area contributed by atoms with Crippen molar-refractivity contribution < 1.29 is 14.0 Å². The van der Waals surface area contributed by atoms with Crippen molar-refractivity contribution in [2.75, 3.05) is 4.90 Å². The van der Waals surface area contributed by atoms with E-state index in [1.807, 2.05) is 0 Å². The molecule has 0 N–H and O–H groups in total. The molecule has 1 heterocycles. The van der Waals surface area contributed by atoms with Crippen LogP contribution in [0.2, 0.25) is 0 Å². The van der Waals surface area contributed by atoms with Gasteiger partial charge in [-0.25, -0.2) is 19.1 Å². The van der Waals surface area contributed by atoms with Gasteiger partial charge in [-0.2, -0.15) is 0 Å². The second-order valence-electron chi connectivity index (χ2n) is 6.37. The Morgan fingerprint density at radius 3 is 2.33 bits per heavy atom. The highest BCUT2D eigenvalue weighted by molar-refractivity contribution is 6.70. The van der Waals surface area contributed by atoms with Crippen molar-refractivity contribution in [3.05, 3.63) is 30.1 Å². The van der Waals surface area contributed by atoms with Crippen molar-refractivity contribution in [1.82, 2.24) is 4.90 Å². The number of urea groups is 1. The first-order valence-corrected chi connectivity index (χ1v) is 9.99. The van der Waals surface area contributed by atoms with Gasteiger partial charge in [-0.05, 0) is 25.0 Å². The summed E-state index contributed by atoms with van der Waals surface area (Å²) in [5.74, 6) is -1.71. The zero-order chi connectivity index (χ0) is 19.8. The fraction of sp³-hybridized carbons (Fsp3) is 0.471. The van der Waals surface area contributed by atoms with Crippen LogP contribution in [0.25, 0.3) is 0 Å². The van der Waals surface area contributed by atoms with Crippen molar-refractivity contribution in [3.63, 3.8) is 0 Å². The molecule has 1 atom stereocenters. The summed E-state index contributed by atoms with van der Waals surface area (Å²) < 4.78 is 12.4. The van der Waals surface area contributed by atoms with Gasteiger partial charge in [-0.1, -0.05) is 77.8 Å². The zero-order valence-corrected chi connectivity index (χ0v) is 17.1. The number of anilines is 1. The van der Waals surface area contributed by atoms with Crippen LogP contribution in [-0.4, -0.2) is 38.0 Å². The topological polar surface area (TPSA) is 53.0 Å². The highest BCUT2D eigenvalue weighted by Gasteiger charge is 2.48. The summed E-state index contributed by atoms with van der Waals surface area (Å²) in [6.07, 6.45) is 4.22. The lowest BCUT2D eigenvalue weighted by molar-refractivity contribution is -0.122. The Morgan fingerprint density at radius 1 is 1.11 bits per heavy atom. The number of aliphatic imine (C=N–C) groups is 1. The van der Waals surface area contributed by atoms with Gasteiger partial charge >= 0.3 is 6.03 Å². The van der Waals surface area contributed by atoms with Crippen molar-refractivity contribution in [3.8, 4) is 0 Å². The third-order valence-electron chi connectivity index (χ3n) is 4.56. The summed E-state index contributed by atoms with van der Waals surface area (Å²) in [7, 11) is 0. The van der Waals surface area contributed by atoms with Crippen molar-refractivity contribution in [2.45, 2.75) is 47.4 Å². The summed E-state index contributed by atoms with van der Waals surface area (Å²) in [4.78, 5) is 32.0. The summed E-state index contributed by atoms with van der Waals surface area (Å²) in [5, 5.41) is 0. The maximum atomic E-state index is 14.4. The van der Waals surface area contributed by atoms with Gasteiger partial charge in [0.1, 0.15) is 5.82 Å². The summed E-state index contributed by atoms with van der Waals surface area (Å²) in [5.41, 5.74) is -1.55. The third-order valence-corrected chi connectivity index (χ3v) is 5.94. The molecule has 2 aliphatic rings. The summed E-state index contributed by atoms with van der Waals surface area (Å²) in [6, 6.07) is 4.62. The molecule has 1 aliphatic heterocycles. The maximum absolute atomic E-state index is 14.4. The van der Waals surface area contributed by atoms with Crippen LogP contribution in [0.3, 0.4) is 0 Å². The van der Waals surface area contributed by atoms with E-state index in [4.69, 9.17) is 46.4 Å². The molecule has 10 heteroatoms. The van der Waals surface area contributed by atoms with Crippen LogP contribution in [0.5, 0.6) is 0 Å². The number of carbonyl (C=O) groups is 2. The number of alkyl halides is 4. The number of amides is 3. The normalized spacial score (nSPS) is 22.0. The molecule has 5 nitrogen and oxygen atoms in total. The number of benzene rings is 1. The highest BCUT2D eigenvalue weighted by Crippen LogP contribution is 2.37. The smallest absolute Gasteiger partial charge is 0.265 e. The predicted octanol–water partition coefficient (Wildman–Crippen LogP) is 5.26. The molecular formula is C17H16Cl4FN3O2. The maximum Gasteiger partial charge on any atom is 0.337 e. The zero-order valence-electron chi connectivity index (χ0n) is 14.0. The Bertz CT molecular complexity index is 778. The Hall–Kier alpha value is -1.08. The molecular weight excluding hydrogens is 439 g/mol. The number of hydrogen-bond acceptors (Lipinski definition) is 3. The minimum absolute atomic E-state index is 0.110. The molecule has 1 aromatic rings. The molecule has 0 spiro atoms. The van der Waals surface area contributed by atoms with Crippen molar-refractivity contribution in [2.24, 2.45) is 4.99 Å². The van der Waals surface area contributed by atoms with Crippen molar-refractivity contribution in [1.29, 1.82) is 0 Å². The lowest BCUT2D eigenvalue weighted by atomic mass is 9.94. The number of nitrogens with zero attached hydrogens (tertiary/aromatic N) is 3. The molecule has 27 heavy (non-hydrogen) atoms. The van der Waals surface area contributed by atoms with Gasteiger partial charge in [0.05, 0.1) is 5.69 Å². The van der Waals surface area contributed by atoms with Crippen LogP contribution in [0.4, 0.5) is 14.9 Å². The Kier molecular flexibility index (Phi) is 6.21. The van der Waals surface area contributed by atoms with E-state index in [2.05, 4.69) is 4.99 Å². The van der Waals surface area contributed by atoms with Gasteiger partial charge in [-0.3, -0.25) is 9.69 Å². The molecule has 1 aliphatic carbocycles. The van der Waals surface area contributed by atoms with Gasteiger partial charge in [0.25, 0.3) is 5.91 Å². The van der Waals surface area contributed by atoms with Crippen molar-refractivity contribution >= 4 is 69.9 Å². The fourth-order valence-electron chi connectivity index (χ4n) is 3.29. The average molecular weight is 455 g/mol. The monoisotopic (exact) mass is 453 g/mol. The average Bonchev–Trinajstić information content (AvgIpc) is 2.86. The summed E-state index contributed by atoms with van der Waals surface area (Å²) in [6.45, 7) is 0. The predicted molar refractivity (Wildman–Crippen MR) is 105 cm³/mol. The van der Waals surface area contributed by atoms with Gasteiger partial charge in [0.15, 0.2) is 5.50 Å². The first-order chi connectivity index (χ1) is 12.7. The quantitative estimate of drug-likeness (QED) is 0.355. The van der Waals surface area contributed by atoms with Crippen LogP contribution in [0.15, 0.2) is 29.3 Å². The molecule has 0 aromatic heterocycles. The first kappa shape index (κ1) is 20.6. The van der Waals surface area contributed by atoms with Crippen LogP contribution < -0.4 is 4.90 Å². The summed E-state index contributed by atoms with van der Waals surface area (Å²) >= 11 is 23.2. The van der Waals surface area contributed by atoms with E-state index >= 15 is 0 Å². The molecule has 1 unspecified atom stereocenters. The van der Waals surface area contributed by atoms with Crippen LogP contribution in [0, 0.1) is 5.82 Å². The number of imide groups is 1. The Morgan fingerprint density at radius 2 is 1.74 bits per heavy atom. The van der Waals surface area contributed by atoms with E-state index in [-0.39, 0.29) is 17.6 Å². The molecule has 1 aromatic carbocycles. The highest BCUT2D eigenvalue weighted by atomic mass is 35.6. The number of amidine groups is 1. The van der Waals surface area contributed by atoms with E-state index in [0.717, 1.165) is 29.1 Å². The van der Waals surface area contributed by atoms with Crippen LogP contribution in [0.1, 0.15) is 32.1 Å². The number of rotatable bonds is 3. The van der Waals surface area contributed by atoms with E-state index in [9.17, 15) is 14.0 Å². The standard InChI is InChI=1S/C17H16Cl4FN3O2/c18-15(17(19,20)21)23-13-14(26)24(10-6-2-1-3-7-10)16(27)25(13)12-9-5-4-8-11(12)22/h4-5,8-10,15H,1-3,6-7H2/b23-13-. The van der Waals surface area contributed by atoms with E-state index in [1.54, 1.807) is 6.07 Å². The minimum Gasteiger partial charge on any atom is -0.265 e. The largest absolute Gasteiger partial charge is 0.337 e. The SMILES string of the molecule is O=C1/C(=N/C(Cl)C(Cl)(Cl)Cl)N(c2ccccc2F)C(=O)N1C1CCCCC1. The van der Waals surface area contributed by atoms with Gasteiger partial charge in [0.2, 0.25) is 9.63 Å². The lowest BCUT2D eigenvalue weighted by Gasteiger charge is -2.28. The minimum atomic E-state index is -2.00. The van der Waals surface area contributed by atoms with Crippen LogP contribution >= 0.6 is 46.4 Å². The Labute approximate surface area is 176 Å².